The second kappa shape index (κ2) is 7.42. The molecule has 22 heavy (non-hydrogen) atoms. The molecule has 2 aromatic rings. The monoisotopic (exact) mass is 302 g/mol. The van der Waals surface area contributed by atoms with Gasteiger partial charge in [-0.2, -0.15) is 0 Å². The number of benzene rings is 1. The lowest BCUT2D eigenvalue weighted by Gasteiger charge is -2.26. The van der Waals surface area contributed by atoms with Crippen molar-refractivity contribution in [3.05, 3.63) is 36.1 Å². The number of furan rings is 1. The van der Waals surface area contributed by atoms with Gasteiger partial charge in [0.1, 0.15) is 5.58 Å². The molecule has 0 spiro atoms. The van der Waals surface area contributed by atoms with E-state index in [1.807, 2.05) is 24.3 Å². The topological polar surface area (TPSA) is 54.7 Å². The lowest BCUT2D eigenvalue weighted by molar-refractivity contribution is 0.0372. The smallest absolute Gasteiger partial charge is 0.287 e. The van der Waals surface area contributed by atoms with Crippen molar-refractivity contribution in [3.63, 3.8) is 0 Å². The van der Waals surface area contributed by atoms with Crippen LogP contribution in [0.1, 0.15) is 23.4 Å². The molecule has 1 aromatic carbocycles. The van der Waals surface area contributed by atoms with Gasteiger partial charge in [0.25, 0.3) is 5.91 Å². The first kappa shape index (κ1) is 15.1. The number of hydrogen-bond acceptors (Lipinski definition) is 4. The number of hydrogen-bond donors (Lipinski definition) is 1. The van der Waals surface area contributed by atoms with E-state index in [0.29, 0.717) is 12.3 Å². The molecule has 5 heteroatoms. The van der Waals surface area contributed by atoms with Crippen molar-refractivity contribution in [2.45, 2.75) is 12.8 Å². The fraction of sp³-hybridized carbons (Fsp3) is 0.471. The van der Waals surface area contributed by atoms with Crippen LogP contribution in [0, 0.1) is 0 Å². The average Bonchev–Trinajstić information content (AvgIpc) is 2.99. The maximum Gasteiger partial charge on any atom is 0.287 e. The van der Waals surface area contributed by atoms with Crippen LogP contribution in [0.25, 0.3) is 11.0 Å². The first-order valence-electron chi connectivity index (χ1n) is 7.90. The lowest BCUT2D eigenvalue weighted by Crippen LogP contribution is -2.37. The highest BCUT2D eigenvalue weighted by Gasteiger charge is 2.12. The Morgan fingerprint density at radius 3 is 2.82 bits per heavy atom. The van der Waals surface area contributed by atoms with Crippen LogP contribution >= 0.6 is 0 Å². The van der Waals surface area contributed by atoms with E-state index in [1.54, 1.807) is 6.07 Å². The highest BCUT2D eigenvalue weighted by molar-refractivity contribution is 5.95. The lowest BCUT2D eigenvalue weighted by atomic mass is 10.2. The predicted molar refractivity (Wildman–Crippen MR) is 85.0 cm³/mol. The molecule has 1 saturated heterocycles. The molecule has 1 aliphatic rings. The van der Waals surface area contributed by atoms with Crippen LogP contribution in [0.4, 0.5) is 0 Å². The third kappa shape index (κ3) is 3.87. The van der Waals surface area contributed by atoms with Crippen molar-refractivity contribution in [1.29, 1.82) is 0 Å². The zero-order chi connectivity index (χ0) is 15.2. The van der Waals surface area contributed by atoms with Gasteiger partial charge in [0.15, 0.2) is 5.76 Å². The molecule has 0 atom stereocenters. The number of unbranched alkanes of at least 4 members (excludes halogenated alkanes) is 1. The van der Waals surface area contributed by atoms with Crippen LogP contribution < -0.4 is 5.32 Å². The molecule has 1 N–H and O–H groups in total. The molecule has 0 aliphatic carbocycles. The summed E-state index contributed by atoms with van der Waals surface area (Å²) in [4.78, 5) is 14.5. The van der Waals surface area contributed by atoms with Crippen molar-refractivity contribution < 1.29 is 13.9 Å². The minimum absolute atomic E-state index is 0.137. The summed E-state index contributed by atoms with van der Waals surface area (Å²) in [5.74, 6) is 0.247. The van der Waals surface area contributed by atoms with E-state index in [0.717, 1.165) is 56.7 Å². The first-order valence-corrected chi connectivity index (χ1v) is 7.90. The maximum atomic E-state index is 12.0. The summed E-state index contributed by atoms with van der Waals surface area (Å²) in [7, 11) is 0. The third-order valence-corrected chi connectivity index (χ3v) is 3.94. The number of amides is 1. The number of ether oxygens (including phenoxy) is 1. The normalized spacial score (nSPS) is 16.0. The Labute approximate surface area is 130 Å². The Balaban J connectivity index is 1.38. The van der Waals surface area contributed by atoms with Crippen molar-refractivity contribution in [2.75, 3.05) is 39.4 Å². The predicted octanol–water partition coefficient (Wildman–Crippen LogP) is 2.27. The number of carbonyl (C=O) groups excluding carboxylic acids is 1. The molecule has 3 rings (SSSR count). The molecular weight excluding hydrogens is 280 g/mol. The number of fused-ring (bicyclic) bond motifs is 1. The largest absolute Gasteiger partial charge is 0.451 e. The Morgan fingerprint density at radius 2 is 2.00 bits per heavy atom. The molecule has 1 amide bonds. The molecule has 0 unspecified atom stereocenters. The van der Waals surface area contributed by atoms with Gasteiger partial charge in [-0.15, -0.1) is 0 Å². The SMILES string of the molecule is O=C(NCCCCN1CCOCC1)c1cc2ccccc2o1. The Kier molecular flexibility index (Phi) is 5.08. The molecule has 1 fully saturated rings. The molecular formula is C17H22N2O3. The van der Waals surface area contributed by atoms with Gasteiger partial charge in [-0.25, -0.2) is 0 Å². The Bertz CT molecular complexity index is 584. The Hall–Kier alpha value is -1.85. The zero-order valence-corrected chi connectivity index (χ0v) is 12.7. The standard InChI is InChI=1S/C17H22N2O3/c20-17(16-13-14-5-1-2-6-15(14)22-16)18-7-3-4-8-19-9-11-21-12-10-19/h1-2,5-6,13H,3-4,7-12H2,(H,18,20). The quantitative estimate of drug-likeness (QED) is 0.832. The Morgan fingerprint density at radius 1 is 1.18 bits per heavy atom. The summed E-state index contributed by atoms with van der Waals surface area (Å²) < 4.78 is 10.9. The van der Waals surface area contributed by atoms with E-state index in [2.05, 4.69) is 10.2 Å². The van der Waals surface area contributed by atoms with E-state index < -0.39 is 0 Å². The molecule has 0 bridgehead atoms. The summed E-state index contributed by atoms with van der Waals surface area (Å²) in [5.41, 5.74) is 0.750. The molecule has 0 saturated carbocycles. The second-order valence-corrected chi connectivity index (χ2v) is 5.57. The van der Waals surface area contributed by atoms with Gasteiger partial charge >= 0.3 is 0 Å². The fourth-order valence-electron chi connectivity index (χ4n) is 2.67. The van der Waals surface area contributed by atoms with E-state index in [9.17, 15) is 4.79 Å². The van der Waals surface area contributed by atoms with Gasteiger partial charge in [-0.1, -0.05) is 18.2 Å². The van der Waals surface area contributed by atoms with Crippen LogP contribution in [-0.2, 0) is 4.74 Å². The first-order chi connectivity index (χ1) is 10.8. The molecule has 118 valence electrons. The summed E-state index contributed by atoms with van der Waals surface area (Å²) in [5, 5.41) is 3.88. The number of rotatable bonds is 6. The number of para-hydroxylation sites is 1. The highest BCUT2D eigenvalue weighted by atomic mass is 16.5. The summed E-state index contributed by atoms with van der Waals surface area (Å²) >= 11 is 0. The van der Waals surface area contributed by atoms with Gasteiger partial charge in [0.2, 0.25) is 0 Å². The average molecular weight is 302 g/mol. The highest BCUT2D eigenvalue weighted by Crippen LogP contribution is 2.18. The summed E-state index contributed by atoms with van der Waals surface area (Å²) in [6, 6.07) is 9.44. The minimum atomic E-state index is -0.137. The van der Waals surface area contributed by atoms with Crippen molar-refractivity contribution in [3.8, 4) is 0 Å². The number of nitrogens with zero attached hydrogens (tertiary/aromatic N) is 1. The van der Waals surface area contributed by atoms with Gasteiger partial charge < -0.3 is 14.5 Å². The molecule has 5 nitrogen and oxygen atoms in total. The minimum Gasteiger partial charge on any atom is -0.451 e. The number of nitrogens with one attached hydrogen (secondary N) is 1. The van der Waals surface area contributed by atoms with Crippen molar-refractivity contribution >= 4 is 16.9 Å². The van der Waals surface area contributed by atoms with E-state index >= 15 is 0 Å². The van der Waals surface area contributed by atoms with Gasteiger partial charge in [-0.3, -0.25) is 9.69 Å². The zero-order valence-electron chi connectivity index (χ0n) is 12.7. The van der Waals surface area contributed by atoms with E-state index in [1.165, 1.54) is 0 Å². The third-order valence-electron chi connectivity index (χ3n) is 3.94. The van der Waals surface area contributed by atoms with Crippen LogP contribution in [0.3, 0.4) is 0 Å². The molecule has 0 radical (unpaired) electrons. The van der Waals surface area contributed by atoms with E-state index in [4.69, 9.17) is 9.15 Å². The fourth-order valence-corrected chi connectivity index (χ4v) is 2.67. The second-order valence-electron chi connectivity index (χ2n) is 5.57. The van der Waals surface area contributed by atoms with Crippen LogP contribution in [0.15, 0.2) is 34.7 Å². The summed E-state index contributed by atoms with van der Waals surface area (Å²) in [6.45, 7) is 5.46. The van der Waals surface area contributed by atoms with Crippen LogP contribution in [0.2, 0.25) is 0 Å². The van der Waals surface area contributed by atoms with Gasteiger partial charge in [0, 0.05) is 25.0 Å². The maximum absolute atomic E-state index is 12.0. The van der Waals surface area contributed by atoms with Crippen LogP contribution in [0.5, 0.6) is 0 Å². The van der Waals surface area contributed by atoms with Crippen molar-refractivity contribution in [1.82, 2.24) is 10.2 Å². The molecule has 2 heterocycles. The van der Waals surface area contributed by atoms with E-state index in [-0.39, 0.29) is 5.91 Å². The van der Waals surface area contributed by atoms with Crippen molar-refractivity contribution in [2.24, 2.45) is 0 Å². The molecule has 1 aromatic heterocycles. The number of morpholine rings is 1. The number of carbonyl (C=O) groups is 1. The van der Waals surface area contributed by atoms with Gasteiger partial charge in [-0.05, 0) is 31.5 Å². The molecule has 1 aliphatic heterocycles. The summed E-state index contributed by atoms with van der Waals surface area (Å²) in [6.07, 6.45) is 2.06. The van der Waals surface area contributed by atoms with Crippen LogP contribution in [-0.4, -0.2) is 50.2 Å². The van der Waals surface area contributed by atoms with Gasteiger partial charge in [0.05, 0.1) is 13.2 Å².